The topological polar surface area (TPSA) is 21.3 Å². The minimum absolute atomic E-state index is 0.0211. The fourth-order valence-electron chi connectivity index (χ4n) is 1.71. The van der Waals surface area contributed by atoms with Gasteiger partial charge in [-0.1, -0.05) is 22.9 Å². The molecule has 0 fully saturated rings. The van der Waals surface area contributed by atoms with Gasteiger partial charge < -0.3 is 10.1 Å². The van der Waals surface area contributed by atoms with E-state index in [0.717, 1.165) is 12.6 Å². The monoisotopic (exact) mass is 277 g/mol. The fourth-order valence-corrected chi connectivity index (χ4v) is 2.37. The van der Waals surface area contributed by atoms with Crippen LogP contribution in [0.5, 0.6) is 5.75 Å². The van der Waals surface area contributed by atoms with Crippen LogP contribution in [0.3, 0.4) is 0 Å². The third-order valence-corrected chi connectivity index (χ3v) is 3.01. The van der Waals surface area contributed by atoms with E-state index >= 15 is 0 Å². The number of fused-ring (bicyclic) bond motifs is 1. The molecular formula is C10H10BrF2NO. The second-order valence-corrected chi connectivity index (χ2v) is 4.17. The first-order valence-electron chi connectivity index (χ1n) is 4.68. The van der Waals surface area contributed by atoms with E-state index in [-0.39, 0.29) is 11.8 Å². The standard InChI is InChI=1S/C10H10BrF2NO/c1-2-14-7-4-15-10-8(7)5(11)3-6(12)9(10)13/h3,7,14H,2,4H2,1H3. The average molecular weight is 278 g/mol. The number of nitrogens with one attached hydrogen (secondary N) is 1. The van der Waals surface area contributed by atoms with E-state index in [1.165, 1.54) is 0 Å². The predicted octanol–water partition coefficient (Wildman–Crippen LogP) is 2.77. The molecule has 1 aliphatic heterocycles. The molecule has 0 radical (unpaired) electrons. The first-order chi connectivity index (χ1) is 7.15. The lowest BCUT2D eigenvalue weighted by molar-refractivity contribution is 0.298. The van der Waals surface area contributed by atoms with E-state index in [1.54, 1.807) is 0 Å². The van der Waals surface area contributed by atoms with Gasteiger partial charge in [0.25, 0.3) is 0 Å². The maximum atomic E-state index is 13.3. The maximum Gasteiger partial charge on any atom is 0.201 e. The van der Waals surface area contributed by atoms with Gasteiger partial charge in [-0.3, -0.25) is 0 Å². The maximum absolute atomic E-state index is 13.3. The lowest BCUT2D eigenvalue weighted by atomic mass is 10.1. The zero-order chi connectivity index (χ0) is 11.0. The summed E-state index contributed by atoms with van der Waals surface area (Å²) < 4.78 is 32.1. The van der Waals surface area contributed by atoms with E-state index in [9.17, 15) is 8.78 Å². The van der Waals surface area contributed by atoms with Gasteiger partial charge in [0.15, 0.2) is 11.6 Å². The van der Waals surface area contributed by atoms with Crippen LogP contribution in [-0.2, 0) is 0 Å². The number of hydrogen-bond donors (Lipinski definition) is 1. The van der Waals surface area contributed by atoms with Crippen LogP contribution < -0.4 is 10.1 Å². The average Bonchev–Trinajstić information content (AvgIpc) is 2.59. The van der Waals surface area contributed by atoms with Gasteiger partial charge in [-0.2, -0.15) is 4.39 Å². The number of benzene rings is 1. The third kappa shape index (κ3) is 1.74. The molecule has 0 aromatic heterocycles. The van der Waals surface area contributed by atoms with Crippen LogP contribution in [0.4, 0.5) is 8.78 Å². The Kier molecular flexibility index (Phi) is 2.93. The van der Waals surface area contributed by atoms with Crippen LogP contribution in [0.2, 0.25) is 0 Å². The molecule has 0 saturated heterocycles. The minimum atomic E-state index is -0.909. The SMILES string of the molecule is CCNC1COc2c(F)c(F)cc(Br)c21. The number of halogens is 3. The highest BCUT2D eigenvalue weighted by Gasteiger charge is 2.30. The molecule has 2 rings (SSSR count). The summed E-state index contributed by atoms with van der Waals surface area (Å²) in [6.07, 6.45) is 0. The summed E-state index contributed by atoms with van der Waals surface area (Å²) in [5.74, 6) is -1.78. The molecule has 2 nitrogen and oxygen atoms in total. The summed E-state index contributed by atoms with van der Waals surface area (Å²) in [7, 11) is 0. The lowest BCUT2D eigenvalue weighted by Crippen LogP contribution is -2.22. The molecule has 1 atom stereocenters. The largest absolute Gasteiger partial charge is 0.488 e. The molecule has 1 unspecified atom stereocenters. The molecule has 0 aliphatic carbocycles. The van der Waals surface area contributed by atoms with Gasteiger partial charge >= 0.3 is 0 Å². The number of rotatable bonds is 2. The number of ether oxygens (including phenoxy) is 1. The molecular weight excluding hydrogens is 268 g/mol. The van der Waals surface area contributed by atoms with Gasteiger partial charge in [-0.25, -0.2) is 4.39 Å². The Morgan fingerprint density at radius 3 is 3.00 bits per heavy atom. The summed E-state index contributed by atoms with van der Waals surface area (Å²) in [4.78, 5) is 0. The Morgan fingerprint density at radius 1 is 1.60 bits per heavy atom. The van der Waals surface area contributed by atoms with E-state index in [2.05, 4.69) is 21.2 Å². The highest BCUT2D eigenvalue weighted by molar-refractivity contribution is 9.10. The summed E-state index contributed by atoms with van der Waals surface area (Å²) in [5, 5.41) is 3.14. The fraction of sp³-hybridized carbons (Fsp3) is 0.400. The molecule has 0 saturated carbocycles. The quantitative estimate of drug-likeness (QED) is 0.840. The van der Waals surface area contributed by atoms with Crippen LogP contribution >= 0.6 is 15.9 Å². The van der Waals surface area contributed by atoms with Gasteiger partial charge in [0.05, 0.1) is 6.04 Å². The third-order valence-electron chi connectivity index (χ3n) is 2.36. The van der Waals surface area contributed by atoms with Crippen LogP contribution in [0.1, 0.15) is 18.5 Å². The van der Waals surface area contributed by atoms with Crippen LogP contribution in [0, 0.1) is 11.6 Å². The Hall–Kier alpha value is -0.680. The Bertz CT molecular complexity index is 397. The van der Waals surface area contributed by atoms with Gasteiger partial charge in [0.1, 0.15) is 6.61 Å². The Balaban J connectivity index is 2.49. The minimum Gasteiger partial charge on any atom is -0.488 e. The lowest BCUT2D eigenvalue weighted by Gasteiger charge is -2.10. The molecule has 0 amide bonds. The van der Waals surface area contributed by atoms with Gasteiger partial charge in [0.2, 0.25) is 5.82 Å². The molecule has 0 bridgehead atoms. The van der Waals surface area contributed by atoms with Crippen LogP contribution in [0.15, 0.2) is 10.5 Å². The summed E-state index contributed by atoms with van der Waals surface area (Å²) in [6.45, 7) is 3.03. The van der Waals surface area contributed by atoms with E-state index in [1.807, 2.05) is 6.92 Å². The van der Waals surface area contributed by atoms with Crippen molar-refractivity contribution in [2.45, 2.75) is 13.0 Å². The second-order valence-electron chi connectivity index (χ2n) is 3.32. The first-order valence-corrected chi connectivity index (χ1v) is 5.48. The Morgan fingerprint density at radius 2 is 2.33 bits per heavy atom. The van der Waals surface area contributed by atoms with Gasteiger partial charge in [-0.15, -0.1) is 0 Å². The van der Waals surface area contributed by atoms with Crippen molar-refractivity contribution in [3.8, 4) is 5.75 Å². The zero-order valence-electron chi connectivity index (χ0n) is 8.11. The highest BCUT2D eigenvalue weighted by atomic mass is 79.9. The highest BCUT2D eigenvalue weighted by Crippen LogP contribution is 2.40. The summed E-state index contributed by atoms with van der Waals surface area (Å²) in [6, 6.07) is 1.06. The molecule has 82 valence electrons. The van der Waals surface area contributed by atoms with Crippen LogP contribution in [0.25, 0.3) is 0 Å². The van der Waals surface area contributed by atoms with Gasteiger partial charge in [0, 0.05) is 10.0 Å². The number of likely N-dealkylation sites (N-methyl/N-ethyl adjacent to an activating group) is 1. The number of hydrogen-bond acceptors (Lipinski definition) is 2. The molecule has 0 spiro atoms. The molecule has 1 aromatic rings. The second kappa shape index (κ2) is 4.06. The molecule has 15 heavy (non-hydrogen) atoms. The zero-order valence-corrected chi connectivity index (χ0v) is 9.70. The summed E-state index contributed by atoms with van der Waals surface area (Å²) in [5.41, 5.74) is 0.663. The molecule has 1 aliphatic rings. The van der Waals surface area contributed by atoms with Crippen molar-refractivity contribution in [1.82, 2.24) is 5.32 Å². The molecule has 1 heterocycles. The summed E-state index contributed by atoms with van der Waals surface area (Å²) >= 11 is 3.22. The Labute approximate surface area is 94.7 Å². The molecule has 1 N–H and O–H groups in total. The van der Waals surface area contributed by atoms with Crippen molar-refractivity contribution in [2.24, 2.45) is 0 Å². The first kappa shape index (κ1) is 10.8. The van der Waals surface area contributed by atoms with Crippen molar-refractivity contribution < 1.29 is 13.5 Å². The van der Waals surface area contributed by atoms with E-state index in [4.69, 9.17) is 4.74 Å². The van der Waals surface area contributed by atoms with Gasteiger partial charge in [-0.05, 0) is 12.6 Å². The van der Waals surface area contributed by atoms with Crippen molar-refractivity contribution >= 4 is 15.9 Å². The molecule has 5 heteroatoms. The van der Waals surface area contributed by atoms with Crippen molar-refractivity contribution in [1.29, 1.82) is 0 Å². The van der Waals surface area contributed by atoms with Crippen molar-refractivity contribution in [3.63, 3.8) is 0 Å². The molecule has 1 aromatic carbocycles. The van der Waals surface area contributed by atoms with Crippen LogP contribution in [-0.4, -0.2) is 13.2 Å². The predicted molar refractivity (Wildman–Crippen MR) is 56.0 cm³/mol. The van der Waals surface area contributed by atoms with Crippen molar-refractivity contribution in [2.75, 3.05) is 13.2 Å². The normalized spacial score (nSPS) is 18.8. The van der Waals surface area contributed by atoms with E-state index in [0.29, 0.717) is 16.6 Å². The van der Waals surface area contributed by atoms with E-state index < -0.39 is 11.6 Å². The smallest absolute Gasteiger partial charge is 0.201 e. The van der Waals surface area contributed by atoms with Crippen molar-refractivity contribution in [3.05, 3.63) is 27.7 Å².